The average molecular weight is 268 g/mol. The molecule has 1 N–H and O–H groups in total. The second kappa shape index (κ2) is 7.05. The van der Waals surface area contributed by atoms with Gasteiger partial charge in [0.25, 0.3) is 0 Å². The van der Waals surface area contributed by atoms with E-state index in [0.29, 0.717) is 5.41 Å². The number of piperidine rings is 1. The van der Waals surface area contributed by atoms with Crippen molar-refractivity contribution in [1.82, 2.24) is 10.2 Å². The summed E-state index contributed by atoms with van der Waals surface area (Å²) >= 11 is 0. The molecular formula is C16H32N2O. The van der Waals surface area contributed by atoms with E-state index in [1.807, 2.05) is 7.11 Å². The van der Waals surface area contributed by atoms with Gasteiger partial charge in [0.2, 0.25) is 0 Å². The van der Waals surface area contributed by atoms with Crippen molar-refractivity contribution in [3.05, 3.63) is 0 Å². The first-order valence-corrected chi connectivity index (χ1v) is 8.15. The number of nitrogens with zero attached hydrogens (tertiary/aromatic N) is 1. The van der Waals surface area contributed by atoms with Crippen molar-refractivity contribution < 1.29 is 4.74 Å². The van der Waals surface area contributed by atoms with Crippen LogP contribution in [0.3, 0.4) is 0 Å². The fourth-order valence-electron chi connectivity index (χ4n) is 3.40. The lowest BCUT2D eigenvalue weighted by Gasteiger charge is -2.40. The van der Waals surface area contributed by atoms with Gasteiger partial charge >= 0.3 is 0 Å². The van der Waals surface area contributed by atoms with E-state index in [2.05, 4.69) is 24.1 Å². The molecule has 1 aliphatic heterocycles. The zero-order chi connectivity index (χ0) is 13.7. The number of nitrogens with one attached hydrogen (secondary N) is 1. The van der Waals surface area contributed by atoms with E-state index in [4.69, 9.17) is 4.74 Å². The second-order valence-corrected chi connectivity index (χ2v) is 6.74. The SMILES string of the molecule is CCCNC1CCN(CC2(CCOC)CC2)C(C)C1. The normalized spacial score (nSPS) is 30.5. The highest BCUT2D eigenvalue weighted by molar-refractivity contribution is 4.97. The molecule has 1 aliphatic carbocycles. The van der Waals surface area contributed by atoms with Crippen molar-refractivity contribution in [2.24, 2.45) is 5.41 Å². The van der Waals surface area contributed by atoms with Crippen LogP contribution in [0.15, 0.2) is 0 Å². The van der Waals surface area contributed by atoms with Gasteiger partial charge in [-0.2, -0.15) is 0 Å². The Morgan fingerprint density at radius 3 is 2.74 bits per heavy atom. The van der Waals surface area contributed by atoms with E-state index in [9.17, 15) is 0 Å². The lowest BCUT2D eigenvalue weighted by atomic mass is 9.94. The molecule has 2 unspecified atom stereocenters. The Labute approximate surface area is 119 Å². The van der Waals surface area contributed by atoms with Crippen LogP contribution in [0.4, 0.5) is 0 Å². The van der Waals surface area contributed by atoms with Crippen molar-refractivity contribution in [2.75, 3.05) is 33.4 Å². The molecule has 0 aromatic heterocycles. The summed E-state index contributed by atoms with van der Waals surface area (Å²) in [4.78, 5) is 2.73. The Bertz CT molecular complexity index is 265. The standard InChI is InChI=1S/C16H32N2O/c1-4-9-17-15-5-10-18(14(2)12-15)13-16(6-7-16)8-11-19-3/h14-15,17H,4-13H2,1-3H3. The molecule has 3 heteroatoms. The molecule has 0 aromatic carbocycles. The molecule has 1 saturated carbocycles. The van der Waals surface area contributed by atoms with Crippen LogP contribution in [0.1, 0.15) is 52.4 Å². The minimum atomic E-state index is 0.605. The molecule has 0 aromatic rings. The lowest BCUT2D eigenvalue weighted by molar-refractivity contribution is 0.0933. The quantitative estimate of drug-likeness (QED) is 0.732. The fourth-order valence-corrected chi connectivity index (χ4v) is 3.40. The molecule has 2 atom stereocenters. The summed E-state index contributed by atoms with van der Waals surface area (Å²) in [6, 6.07) is 1.49. The summed E-state index contributed by atoms with van der Waals surface area (Å²) < 4.78 is 5.27. The third kappa shape index (κ3) is 4.44. The van der Waals surface area contributed by atoms with Gasteiger partial charge in [0.15, 0.2) is 0 Å². The van der Waals surface area contributed by atoms with Crippen LogP contribution < -0.4 is 5.32 Å². The third-order valence-corrected chi connectivity index (χ3v) is 5.03. The van der Waals surface area contributed by atoms with Gasteiger partial charge in [-0.25, -0.2) is 0 Å². The van der Waals surface area contributed by atoms with Gasteiger partial charge in [-0.05, 0) is 64.0 Å². The van der Waals surface area contributed by atoms with E-state index in [-0.39, 0.29) is 0 Å². The molecule has 19 heavy (non-hydrogen) atoms. The lowest BCUT2D eigenvalue weighted by Crippen LogP contribution is -2.49. The van der Waals surface area contributed by atoms with Gasteiger partial charge in [-0.15, -0.1) is 0 Å². The van der Waals surface area contributed by atoms with Gasteiger partial charge in [-0.1, -0.05) is 6.92 Å². The molecule has 2 fully saturated rings. The maximum absolute atomic E-state index is 5.27. The van der Waals surface area contributed by atoms with Crippen LogP contribution in [-0.4, -0.2) is 50.3 Å². The van der Waals surface area contributed by atoms with E-state index < -0.39 is 0 Å². The molecule has 3 nitrogen and oxygen atoms in total. The molecule has 0 spiro atoms. The smallest absolute Gasteiger partial charge is 0.0468 e. The van der Waals surface area contributed by atoms with Crippen molar-refractivity contribution in [1.29, 1.82) is 0 Å². The zero-order valence-electron chi connectivity index (χ0n) is 13.1. The van der Waals surface area contributed by atoms with E-state index in [1.54, 1.807) is 0 Å². The Morgan fingerprint density at radius 2 is 2.16 bits per heavy atom. The van der Waals surface area contributed by atoms with Gasteiger partial charge in [-0.3, -0.25) is 4.90 Å². The van der Waals surface area contributed by atoms with Gasteiger partial charge in [0.1, 0.15) is 0 Å². The topological polar surface area (TPSA) is 24.5 Å². The van der Waals surface area contributed by atoms with Gasteiger partial charge in [0.05, 0.1) is 0 Å². The number of rotatable bonds is 8. The maximum atomic E-state index is 5.27. The minimum Gasteiger partial charge on any atom is -0.385 e. The molecule has 112 valence electrons. The minimum absolute atomic E-state index is 0.605. The highest BCUT2D eigenvalue weighted by atomic mass is 16.5. The van der Waals surface area contributed by atoms with Crippen LogP contribution in [0.5, 0.6) is 0 Å². The number of likely N-dealkylation sites (tertiary alicyclic amines) is 1. The highest BCUT2D eigenvalue weighted by Crippen LogP contribution is 2.49. The van der Waals surface area contributed by atoms with E-state index >= 15 is 0 Å². The van der Waals surface area contributed by atoms with Crippen LogP contribution in [0.25, 0.3) is 0 Å². The van der Waals surface area contributed by atoms with Crippen molar-refractivity contribution in [2.45, 2.75) is 64.5 Å². The Kier molecular flexibility index (Phi) is 5.67. The summed E-state index contributed by atoms with van der Waals surface area (Å²) in [7, 11) is 1.82. The van der Waals surface area contributed by atoms with Crippen LogP contribution in [-0.2, 0) is 4.74 Å². The van der Waals surface area contributed by atoms with Crippen molar-refractivity contribution in [3.8, 4) is 0 Å². The largest absolute Gasteiger partial charge is 0.385 e. The number of hydrogen-bond acceptors (Lipinski definition) is 3. The summed E-state index contributed by atoms with van der Waals surface area (Å²) in [5.74, 6) is 0. The van der Waals surface area contributed by atoms with Gasteiger partial charge in [0, 0.05) is 32.3 Å². The number of methoxy groups -OCH3 is 1. The number of hydrogen-bond donors (Lipinski definition) is 1. The predicted molar refractivity (Wildman–Crippen MR) is 80.5 cm³/mol. The second-order valence-electron chi connectivity index (χ2n) is 6.74. The molecule has 0 bridgehead atoms. The number of ether oxygens (including phenoxy) is 1. The molecular weight excluding hydrogens is 236 g/mol. The molecule has 0 radical (unpaired) electrons. The van der Waals surface area contributed by atoms with Crippen LogP contribution in [0, 0.1) is 5.41 Å². The molecule has 1 heterocycles. The molecule has 2 rings (SSSR count). The summed E-state index contributed by atoms with van der Waals surface area (Å²) in [5, 5.41) is 3.69. The van der Waals surface area contributed by atoms with E-state index in [0.717, 1.165) is 18.7 Å². The Balaban J connectivity index is 1.74. The zero-order valence-corrected chi connectivity index (χ0v) is 13.1. The third-order valence-electron chi connectivity index (χ3n) is 5.03. The van der Waals surface area contributed by atoms with Crippen molar-refractivity contribution >= 4 is 0 Å². The molecule has 0 amide bonds. The summed E-state index contributed by atoms with van der Waals surface area (Å²) in [6.07, 6.45) is 7.97. The maximum Gasteiger partial charge on any atom is 0.0468 e. The Hall–Kier alpha value is -0.120. The van der Waals surface area contributed by atoms with Crippen LogP contribution in [0.2, 0.25) is 0 Å². The Morgan fingerprint density at radius 1 is 1.37 bits per heavy atom. The molecule has 2 aliphatic rings. The van der Waals surface area contributed by atoms with E-state index in [1.165, 1.54) is 58.2 Å². The monoisotopic (exact) mass is 268 g/mol. The molecule has 1 saturated heterocycles. The first-order valence-electron chi connectivity index (χ1n) is 8.15. The average Bonchev–Trinajstić information content (AvgIpc) is 3.17. The first-order chi connectivity index (χ1) is 9.19. The fraction of sp³-hybridized carbons (Fsp3) is 1.00. The first kappa shape index (κ1) is 15.3. The summed E-state index contributed by atoms with van der Waals surface area (Å²) in [6.45, 7) is 9.35. The summed E-state index contributed by atoms with van der Waals surface area (Å²) in [5.41, 5.74) is 0.605. The highest BCUT2D eigenvalue weighted by Gasteiger charge is 2.44. The van der Waals surface area contributed by atoms with Crippen LogP contribution >= 0.6 is 0 Å². The van der Waals surface area contributed by atoms with Gasteiger partial charge < -0.3 is 10.1 Å². The predicted octanol–water partition coefficient (Wildman–Crippen LogP) is 2.66. The van der Waals surface area contributed by atoms with Crippen molar-refractivity contribution in [3.63, 3.8) is 0 Å².